The molecule has 1 aromatic carbocycles. The van der Waals surface area contributed by atoms with Crippen molar-refractivity contribution >= 4 is 17.7 Å². The third kappa shape index (κ3) is 4.47. The number of benzene rings is 1. The Balaban J connectivity index is 2.47. The van der Waals surface area contributed by atoms with E-state index in [2.05, 4.69) is 11.4 Å². The number of thioether (sulfide) groups is 1. The number of nitrogens with one attached hydrogen (secondary N) is 1. The van der Waals surface area contributed by atoms with E-state index in [1.54, 1.807) is 25.1 Å². The second-order valence-electron chi connectivity index (χ2n) is 3.45. The summed E-state index contributed by atoms with van der Waals surface area (Å²) in [5.41, 5.74) is 0.325. The third-order valence-electron chi connectivity index (χ3n) is 2.12. The highest BCUT2D eigenvalue weighted by molar-refractivity contribution is 7.99. The average Bonchev–Trinajstić information content (AvgIpc) is 2.34. The number of carbonyl (C=O) groups is 1. The van der Waals surface area contributed by atoms with Crippen LogP contribution in [0, 0.1) is 11.3 Å². The molecular formula is C12H14N2O2S. The van der Waals surface area contributed by atoms with E-state index in [4.69, 9.17) is 10.4 Å². The molecule has 0 aromatic heterocycles. The predicted molar refractivity (Wildman–Crippen MR) is 67.2 cm³/mol. The van der Waals surface area contributed by atoms with Crippen LogP contribution in [0.15, 0.2) is 29.2 Å². The lowest BCUT2D eigenvalue weighted by Crippen LogP contribution is -2.26. The topological polar surface area (TPSA) is 73.1 Å². The zero-order valence-electron chi connectivity index (χ0n) is 9.51. The number of rotatable bonds is 6. The zero-order valence-corrected chi connectivity index (χ0v) is 10.3. The first-order chi connectivity index (χ1) is 8.15. The van der Waals surface area contributed by atoms with Gasteiger partial charge in [-0.3, -0.25) is 0 Å². The molecule has 0 saturated carbocycles. The molecule has 0 heterocycles. The Morgan fingerprint density at radius 1 is 1.59 bits per heavy atom. The quantitative estimate of drug-likeness (QED) is 0.596. The van der Waals surface area contributed by atoms with Gasteiger partial charge in [-0.15, -0.1) is 11.8 Å². The molecule has 0 aliphatic rings. The molecule has 0 radical (unpaired) electrons. The highest BCUT2D eigenvalue weighted by atomic mass is 32.2. The Hall–Kier alpha value is -1.51. The maximum atomic E-state index is 10.9. The van der Waals surface area contributed by atoms with Gasteiger partial charge in [-0.2, -0.15) is 5.26 Å². The van der Waals surface area contributed by atoms with Crippen molar-refractivity contribution in [1.29, 1.82) is 5.26 Å². The summed E-state index contributed by atoms with van der Waals surface area (Å²) in [6.07, 6.45) is 0. The number of hydrogen-bond donors (Lipinski definition) is 2. The molecule has 0 spiro atoms. The van der Waals surface area contributed by atoms with Crippen molar-refractivity contribution in [2.45, 2.75) is 17.9 Å². The van der Waals surface area contributed by atoms with Crippen LogP contribution >= 0.6 is 11.8 Å². The van der Waals surface area contributed by atoms with Gasteiger partial charge in [0.25, 0.3) is 0 Å². The molecular weight excluding hydrogens is 236 g/mol. The Morgan fingerprint density at radius 2 is 2.29 bits per heavy atom. The molecule has 90 valence electrons. The first-order valence-corrected chi connectivity index (χ1v) is 6.22. The number of hydrogen-bond acceptors (Lipinski definition) is 4. The highest BCUT2D eigenvalue weighted by Crippen LogP contribution is 2.21. The van der Waals surface area contributed by atoms with E-state index in [1.165, 1.54) is 11.8 Å². The van der Waals surface area contributed by atoms with Crippen LogP contribution in [0.4, 0.5) is 0 Å². The van der Waals surface area contributed by atoms with E-state index >= 15 is 0 Å². The van der Waals surface area contributed by atoms with Gasteiger partial charge in [0, 0.05) is 17.2 Å². The van der Waals surface area contributed by atoms with Gasteiger partial charge < -0.3 is 10.4 Å². The minimum Gasteiger partial charge on any atom is -0.478 e. The van der Waals surface area contributed by atoms with Crippen LogP contribution in [0.5, 0.6) is 0 Å². The summed E-state index contributed by atoms with van der Waals surface area (Å²) < 4.78 is 0. The largest absolute Gasteiger partial charge is 0.478 e. The third-order valence-corrected chi connectivity index (χ3v) is 3.20. The van der Waals surface area contributed by atoms with Crippen molar-refractivity contribution < 1.29 is 9.90 Å². The SMILES string of the molecule is CC(C#N)NCCSc1ccccc1C(=O)O. The maximum Gasteiger partial charge on any atom is 0.336 e. The molecule has 1 aromatic rings. The molecule has 0 bridgehead atoms. The van der Waals surface area contributed by atoms with Gasteiger partial charge in [-0.05, 0) is 19.1 Å². The predicted octanol–water partition coefficient (Wildman–Crippen LogP) is 1.98. The molecule has 1 rings (SSSR count). The number of nitriles is 1. The number of aromatic carboxylic acids is 1. The van der Waals surface area contributed by atoms with Gasteiger partial charge in [-0.25, -0.2) is 4.79 Å². The van der Waals surface area contributed by atoms with Crippen LogP contribution in [0.1, 0.15) is 17.3 Å². The van der Waals surface area contributed by atoms with Crippen LogP contribution in [0.2, 0.25) is 0 Å². The van der Waals surface area contributed by atoms with E-state index in [1.807, 2.05) is 6.07 Å². The summed E-state index contributed by atoms with van der Waals surface area (Å²) in [4.78, 5) is 11.7. The van der Waals surface area contributed by atoms with Crippen molar-refractivity contribution in [2.75, 3.05) is 12.3 Å². The van der Waals surface area contributed by atoms with E-state index in [-0.39, 0.29) is 6.04 Å². The first-order valence-electron chi connectivity index (χ1n) is 5.23. The number of carboxylic acids is 1. The fraction of sp³-hybridized carbons (Fsp3) is 0.333. The lowest BCUT2D eigenvalue weighted by molar-refractivity contribution is 0.0693. The molecule has 0 aliphatic heterocycles. The normalized spacial score (nSPS) is 11.8. The van der Waals surface area contributed by atoms with E-state index < -0.39 is 5.97 Å². The van der Waals surface area contributed by atoms with Crippen molar-refractivity contribution in [3.8, 4) is 6.07 Å². The summed E-state index contributed by atoms with van der Waals surface area (Å²) in [6.45, 7) is 2.46. The van der Waals surface area contributed by atoms with Crippen LogP contribution in [0.3, 0.4) is 0 Å². The Kier molecular flexibility index (Phi) is 5.53. The smallest absolute Gasteiger partial charge is 0.336 e. The van der Waals surface area contributed by atoms with Crippen molar-refractivity contribution in [1.82, 2.24) is 5.32 Å². The Labute approximate surface area is 105 Å². The fourth-order valence-electron chi connectivity index (χ4n) is 1.25. The Morgan fingerprint density at radius 3 is 2.94 bits per heavy atom. The monoisotopic (exact) mass is 250 g/mol. The number of nitrogens with zero attached hydrogens (tertiary/aromatic N) is 1. The van der Waals surface area contributed by atoms with Gasteiger partial charge in [-0.1, -0.05) is 12.1 Å². The standard InChI is InChI=1S/C12H14N2O2S/c1-9(8-13)14-6-7-17-11-5-3-2-4-10(11)12(15)16/h2-5,9,14H,6-7H2,1H3,(H,15,16). The fourth-order valence-corrected chi connectivity index (χ4v) is 2.18. The molecule has 1 unspecified atom stereocenters. The second kappa shape index (κ2) is 6.94. The van der Waals surface area contributed by atoms with Crippen molar-refractivity contribution in [2.24, 2.45) is 0 Å². The van der Waals surface area contributed by atoms with Gasteiger partial charge in [0.05, 0.1) is 17.7 Å². The summed E-state index contributed by atoms with van der Waals surface area (Å²) >= 11 is 1.48. The minimum absolute atomic E-state index is 0.176. The van der Waals surface area contributed by atoms with E-state index in [0.29, 0.717) is 12.1 Å². The molecule has 4 nitrogen and oxygen atoms in total. The van der Waals surface area contributed by atoms with E-state index in [9.17, 15) is 4.79 Å². The lowest BCUT2D eigenvalue weighted by Gasteiger charge is -2.07. The van der Waals surface area contributed by atoms with Gasteiger partial charge in [0.15, 0.2) is 0 Å². The van der Waals surface area contributed by atoms with Crippen LogP contribution in [0.25, 0.3) is 0 Å². The van der Waals surface area contributed by atoms with Gasteiger partial charge >= 0.3 is 5.97 Å². The molecule has 1 atom stereocenters. The molecule has 0 saturated heterocycles. The maximum absolute atomic E-state index is 10.9. The lowest BCUT2D eigenvalue weighted by atomic mass is 10.2. The zero-order chi connectivity index (χ0) is 12.7. The average molecular weight is 250 g/mol. The summed E-state index contributed by atoms with van der Waals surface area (Å²) in [6, 6.07) is 8.82. The summed E-state index contributed by atoms with van der Waals surface area (Å²) in [5, 5.41) is 20.6. The molecule has 0 amide bonds. The molecule has 0 fully saturated rings. The molecule has 0 aliphatic carbocycles. The highest BCUT2D eigenvalue weighted by Gasteiger charge is 2.08. The van der Waals surface area contributed by atoms with Crippen molar-refractivity contribution in [3.63, 3.8) is 0 Å². The van der Waals surface area contributed by atoms with E-state index in [0.717, 1.165) is 10.6 Å². The van der Waals surface area contributed by atoms with Gasteiger partial charge in [0.2, 0.25) is 0 Å². The van der Waals surface area contributed by atoms with Gasteiger partial charge in [0.1, 0.15) is 0 Å². The molecule has 2 N–H and O–H groups in total. The minimum atomic E-state index is -0.911. The first kappa shape index (κ1) is 13.6. The van der Waals surface area contributed by atoms with Crippen LogP contribution in [-0.2, 0) is 0 Å². The van der Waals surface area contributed by atoms with Crippen LogP contribution < -0.4 is 5.32 Å². The summed E-state index contributed by atoms with van der Waals surface area (Å²) in [7, 11) is 0. The van der Waals surface area contributed by atoms with Crippen LogP contribution in [-0.4, -0.2) is 29.4 Å². The number of carboxylic acid groups (broad SMARTS) is 1. The second-order valence-corrected chi connectivity index (χ2v) is 4.59. The summed E-state index contributed by atoms with van der Waals surface area (Å²) in [5.74, 6) is -0.178. The molecule has 5 heteroatoms. The van der Waals surface area contributed by atoms with Crippen molar-refractivity contribution in [3.05, 3.63) is 29.8 Å². The molecule has 17 heavy (non-hydrogen) atoms. The Bertz CT molecular complexity index is 429.